The molecule has 0 bridgehead atoms. The van der Waals surface area contributed by atoms with Crippen LogP contribution in [0.15, 0.2) is 30.3 Å². The number of carbonyl (C=O) groups excluding carboxylic acids is 1. The Labute approximate surface area is 113 Å². The normalized spacial score (nSPS) is 15.8. The van der Waals surface area contributed by atoms with E-state index in [-0.39, 0.29) is 0 Å². The number of nitrogens with zero attached hydrogens (tertiary/aromatic N) is 2. The summed E-state index contributed by atoms with van der Waals surface area (Å²) in [4.78, 5) is 18.2. The number of benzene rings is 1. The fourth-order valence-corrected chi connectivity index (χ4v) is 2.96. The van der Waals surface area contributed by atoms with Gasteiger partial charge in [0.15, 0.2) is 6.29 Å². The van der Waals surface area contributed by atoms with Crippen LogP contribution in [0.25, 0.3) is 10.9 Å². The van der Waals surface area contributed by atoms with Gasteiger partial charge in [0.25, 0.3) is 0 Å². The van der Waals surface area contributed by atoms with Gasteiger partial charge >= 0.3 is 0 Å². The molecule has 1 aliphatic rings. The molecule has 0 spiro atoms. The quantitative estimate of drug-likeness (QED) is 0.787. The zero-order valence-corrected chi connectivity index (χ0v) is 11.2. The van der Waals surface area contributed by atoms with E-state index >= 15 is 0 Å². The van der Waals surface area contributed by atoms with Crippen LogP contribution in [0.1, 0.15) is 36.0 Å². The largest absolute Gasteiger partial charge is 0.356 e. The number of para-hydroxylation sites is 1. The molecule has 98 valence electrons. The van der Waals surface area contributed by atoms with Crippen LogP contribution in [0.2, 0.25) is 0 Å². The van der Waals surface area contributed by atoms with Crippen molar-refractivity contribution in [2.75, 3.05) is 11.9 Å². The van der Waals surface area contributed by atoms with Crippen LogP contribution in [0, 0.1) is 0 Å². The highest BCUT2D eigenvalue weighted by Crippen LogP contribution is 2.29. The first kappa shape index (κ1) is 12.2. The number of hydrogen-bond acceptors (Lipinski definition) is 3. The van der Waals surface area contributed by atoms with E-state index in [2.05, 4.69) is 16.9 Å². The van der Waals surface area contributed by atoms with Gasteiger partial charge in [-0.15, -0.1) is 0 Å². The number of anilines is 1. The SMILES string of the molecule is CN(c1nc2ccccc2cc1C=O)C1CCCC1. The van der Waals surface area contributed by atoms with Crippen molar-refractivity contribution in [1.82, 2.24) is 4.98 Å². The van der Waals surface area contributed by atoms with Crippen LogP contribution < -0.4 is 4.90 Å². The number of carbonyl (C=O) groups is 1. The third-order valence-corrected chi connectivity index (χ3v) is 4.07. The summed E-state index contributed by atoms with van der Waals surface area (Å²) in [5.41, 5.74) is 1.64. The summed E-state index contributed by atoms with van der Waals surface area (Å²) in [6.45, 7) is 0. The van der Waals surface area contributed by atoms with Gasteiger partial charge in [-0.05, 0) is 25.0 Å². The minimum Gasteiger partial charge on any atom is -0.356 e. The number of aromatic nitrogens is 1. The van der Waals surface area contributed by atoms with Crippen molar-refractivity contribution in [3.05, 3.63) is 35.9 Å². The maximum atomic E-state index is 11.3. The molecule has 3 heteroatoms. The third-order valence-electron chi connectivity index (χ3n) is 4.07. The second kappa shape index (κ2) is 5.00. The van der Waals surface area contributed by atoms with Crippen molar-refractivity contribution in [2.45, 2.75) is 31.7 Å². The Hall–Kier alpha value is -1.90. The molecule has 0 amide bonds. The van der Waals surface area contributed by atoms with E-state index in [0.717, 1.165) is 23.0 Å². The van der Waals surface area contributed by atoms with E-state index in [1.165, 1.54) is 25.7 Å². The topological polar surface area (TPSA) is 33.2 Å². The van der Waals surface area contributed by atoms with Crippen LogP contribution >= 0.6 is 0 Å². The van der Waals surface area contributed by atoms with Crippen molar-refractivity contribution in [3.63, 3.8) is 0 Å². The molecule has 0 aliphatic heterocycles. The average Bonchev–Trinajstić information content (AvgIpc) is 2.99. The molecule has 0 N–H and O–H groups in total. The second-order valence-corrected chi connectivity index (χ2v) is 5.26. The Morgan fingerprint density at radius 1 is 1.26 bits per heavy atom. The van der Waals surface area contributed by atoms with Crippen molar-refractivity contribution in [3.8, 4) is 0 Å². The second-order valence-electron chi connectivity index (χ2n) is 5.26. The first-order valence-electron chi connectivity index (χ1n) is 6.87. The zero-order valence-electron chi connectivity index (χ0n) is 11.2. The Bertz CT molecular complexity index is 603. The van der Waals surface area contributed by atoms with Gasteiger partial charge in [-0.25, -0.2) is 4.98 Å². The summed E-state index contributed by atoms with van der Waals surface area (Å²) < 4.78 is 0. The number of rotatable bonds is 3. The van der Waals surface area contributed by atoms with E-state index in [4.69, 9.17) is 0 Å². The molecule has 0 atom stereocenters. The summed E-state index contributed by atoms with van der Waals surface area (Å²) in [6.07, 6.45) is 5.87. The van der Waals surface area contributed by atoms with Gasteiger partial charge in [0.1, 0.15) is 5.82 Å². The molecule has 1 fully saturated rings. The van der Waals surface area contributed by atoms with Crippen molar-refractivity contribution < 1.29 is 4.79 Å². The first-order chi connectivity index (χ1) is 9.29. The van der Waals surface area contributed by atoms with E-state index in [1.807, 2.05) is 30.3 Å². The molecular weight excluding hydrogens is 236 g/mol. The van der Waals surface area contributed by atoms with Gasteiger partial charge in [-0.1, -0.05) is 31.0 Å². The highest BCUT2D eigenvalue weighted by atomic mass is 16.1. The lowest BCUT2D eigenvalue weighted by Gasteiger charge is -2.26. The minimum atomic E-state index is 0.521. The molecule has 19 heavy (non-hydrogen) atoms. The molecule has 2 aromatic rings. The minimum absolute atomic E-state index is 0.521. The fourth-order valence-electron chi connectivity index (χ4n) is 2.96. The average molecular weight is 254 g/mol. The number of pyridine rings is 1. The van der Waals surface area contributed by atoms with Crippen LogP contribution in [-0.4, -0.2) is 24.4 Å². The highest BCUT2D eigenvalue weighted by molar-refractivity contribution is 5.91. The third kappa shape index (κ3) is 2.21. The molecule has 1 aromatic carbocycles. The van der Waals surface area contributed by atoms with Gasteiger partial charge in [0.2, 0.25) is 0 Å². The van der Waals surface area contributed by atoms with E-state index < -0.39 is 0 Å². The van der Waals surface area contributed by atoms with Crippen LogP contribution in [0.3, 0.4) is 0 Å². The Morgan fingerprint density at radius 2 is 2.00 bits per heavy atom. The molecule has 3 nitrogen and oxygen atoms in total. The Morgan fingerprint density at radius 3 is 2.74 bits per heavy atom. The zero-order chi connectivity index (χ0) is 13.2. The van der Waals surface area contributed by atoms with Crippen LogP contribution in [-0.2, 0) is 0 Å². The van der Waals surface area contributed by atoms with Crippen LogP contribution in [0.4, 0.5) is 5.82 Å². The molecule has 1 aromatic heterocycles. The smallest absolute Gasteiger partial charge is 0.153 e. The lowest BCUT2D eigenvalue weighted by molar-refractivity contribution is 0.112. The van der Waals surface area contributed by atoms with Crippen molar-refractivity contribution in [2.24, 2.45) is 0 Å². The van der Waals surface area contributed by atoms with Gasteiger partial charge < -0.3 is 4.90 Å². The maximum absolute atomic E-state index is 11.3. The van der Waals surface area contributed by atoms with Gasteiger partial charge in [0.05, 0.1) is 11.1 Å². The number of aldehydes is 1. The molecule has 3 rings (SSSR count). The lowest BCUT2D eigenvalue weighted by Crippen LogP contribution is -2.30. The predicted molar refractivity (Wildman–Crippen MR) is 77.8 cm³/mol. The summed E-state index contributed by atoms with van der Waals surface area (Å²) in [7, 11) is 2.06. The Kier molecular flexibility index (Phi) is 3.20. The molecule has 1 heterocycles. The first-order valence-corrected chi connectivity index (χ1v) is 6.87. The molecule has 1 aliphatic carbocycles. The van der Waals surface area contributed by atoms with E-state index in [1.54, 1.807) is 0 Å². The van der Waals surface area contributed by atoms with Crippen molar-refractivity contribution >= 4 is 23.0 Å². The monoisotopic (exact) mass is 254 g/mol. The molecule has 0 saturated heterocycles. The maximum Gasteiger partial charge on any atom is 0.153 e. The summed E-state index contributed by atoms with van der Waals surface area (Å²) in [5.74, 6) is 0.820. The summed E-state index contributed by atoms with van der Waals surface area (Å²) >= 11 is 0. The molecular formula is C16H18N2O. The van der Waals surface area contributed by atoms with Crippen molar-refractivity contribution in [1.29, 1.82) is 0 Å². The van der Waals surface area contributed by atoms with E-state index in [0.29, 0.717) is 11.6 Å². The highest BCUT2D eigenvalue weighted by Gasteiger charge is 2.22. The summed E-state index contributed by atoms with van der Waals surface area (Å²) in [6, 6.07) is 10.4. The van der Waals surface area contributed by atoms with Gasteiger partial charge in [-0.2, -0.15) is 0 Å². The van der Waals surface area contributed by atoms with Crippen LogP contribution in [0.5, 0.6) is 0 Å². The predicted octanol–water partition coefficient (Wildman–Crippen LogP) is 3.43. The summed E-state index contributed by atoms with van der Waals surface area (Å²) in [5, 5.41) is 1.02. The number of fused-ring (bicyclic) bond motifs is 1. The van der Waals surface area contributed by atoms with Gasteiger partial charge in [-0.3, -0.25) is 4.79 Å². The fraction of sp³-hybridized carbons (Fsp3) is 0.375. The molecule has 0 unspecified atom stereocenters. The lowest BCUT2D eigenvalue weighted by atomic mass is 10.1. The molecule has 1 saturated carbocycles. The van der Waals surface area contributed by atoms with Gasteiger partial charge in [0, 0.05) is 18.5 Å². The molecule has 0 radical (unpaired) electrons. The standard InChI is InChI=1S/C16H18N2O/c1-18(14-7-3-4-8-14)16-13(11-19)10-12-6-2-5-9-15(12)17-16/h2,5-6,9-11,14H,3-4,7-8H2,1H3. The Balaban J connectivity index is 2.07. The van der Waals surface area contributed by atoms with E-state index in [9.17, 15) is 4.79 Å². The number of hydrogen-bond donors (Lipinski definition) is 0.